The first kappa shape index (κ1) is 21.9. The molecule has 1 aliphatic heterocycles. The number of Topliss-reactive ketones (excluding diaryl/α,β-unsaturated/α-hetero) is 1. The molecule has 0 radical (unpaired) electrons. The van der Waals surface area contributed by atoms with Gasteiger partial charge in [0.1, 0.15) is 17.3 Å². The molecular weight excluding hydrogens is 406 g/mol. The molecule has 1 amide bonds. The number of rotatable bonds is 6. The van der Waals surface area contributed by atoms with Gasteiger partial charge in [-0.15, -0.1) is 0 Å². The molecule has 1 unspecified atom stereocenters. The van der Waals surface area contributed by atoms with E-state index in [0.717, 1.165) is 38.5 Å². The van der Waals surface area contributed by atoms with Crippen LogP contribution in [0.25, 0.3) is 5.76 Å². The summed E-state index contributed by atoms with van der Waals surface area (Å²) in [5, 5.41) is 21.0. The minimum atomic E-state index is -0.695. The molecule has 0 spiro atoms. The highest BCUT2D eigenvalue weighted by Gasteiger charge is 2.48. The lowest BCUT2D eigenvalue weighted by Gasteiger charge is -2.35. The van der Waals surface area contributed by atoms with Crippen LogP contribution in [0.5, 0.6) is 11.5 Å². The summed E-state index contributed by atoms with van der Waals surface area (Å²) >= 11 is 0. The lowest BCUT2D eigenvalue weighted by atomic mass is 9.91. The van der Waals surface area contributed by atoms with Crippen LogP contribution in [-0.2, 0) is 9.59 Å². The molecule has 0 aromatic heterocycles. The normalized spacial score (nSPS) is 21.2. The van der Waals surface area contributed by atoms with Gasteiger partial charge in [-0.1, -0.05) is 50.5 Å². The maximum atomic E-state index is 13.2. The molecule has 4 rings (SSSR count). The largest absolute Gasteiger partial charge is 0.508 e. The summed E-state index contributed by atoms with van der Waals surface area (Å²) in [6.45, 7) is 2.55. The Bertz CT molecular complexity index is 1020. The van der Waals surface area contributed by atoms with E-state index in [1.807, 2.05) is 6.92 Å². The van der Waals surface area contributed by atoms with Crippen LogP contribution in [-0.4, -0.2) is 39.5 Å². The van der Waals surface area contributed by atoms with E-state index in [-0.39, 0.29) is 23.1 Å². The highest BCUT2D eigenvalue weighted by atomic mass is 16.5. The zero-order valence-electron chi connectivity index (χ0n) is 18.3. The second-order valence-electron chi connectivity index (χ2n) is 8.47. The monoisotopic (exact) mass is 435 g/mol. The molecule has 1 saturated carbocycles. The number of hydrogen-bond acceptors (Lipinski definition) is 5. The molecule has 1 atom stereocenters. The Labute approximate surface area is 188 Å². The Balaban J connectivity index is 1.81. The van der Waals surface area contributed by atoms with Crippen molar-refractivity contribution in [2.24, 2.45) is 0 Å². The van der Waals surface area contributed by atoms with Crippen molar-refractivity contribution in [1.82, 2.24) is 4.90 Å². The quantitative estimate of drug-likeness (QED) is 0.381. The van der Waals surface area contributed by atoms with Crippen LogP contribution < -0.4 is 4.74 Å². The molecule has 2 fully saturated rings. The molecule has 1 aliphatic carbocycles. The smallest absolute Gasteiger partial charge is 0.295 e. The number of likely N-dealkylation sites (tertiary alicyclic amines) is 1. The lowest BCUT2D eigenvalue weighted by molar-refractivity contribution is -0.141. The van der Waals surface area contributed by atoms with Gasteiger partial charge in [0, 0.05) is 11.6 Å². The Morgan fingerprint density at radius 2 is 1.78 bits per heavy atom. The van der Waals surface area contributed by atoms with Crippen molar-refractivity contribution >= 4 is 17.4 Å². The average Bonchev–Trinajstić information content (AvgIpc) is 3.09. The van der Waals surface area contributed by atoms with Crippen molar-refractivity contribution in [2.45, 2.75) is 57.5 Å². The maximum Gasteiger partial charge on any atom is 0.295 e. The highest BCUT2D eigenvalue weighted by Crippen LogP contribution is 2.43. The van der Waals surface area contributed by atoms with E-state index in [2.05, 4.69) is 0 Å². The number of aromatic hydroxyl groups is 1. The van der Waals surface area contributed by atoms with Crippen LogP contribution >= 0.6 is 0 Å². The summed E-state index contributed by atoms with van der Waals surface area (Å²) in [6.07, 6.45) is 5.65. The zero-order chi connectivity index (χ0) is 22.7. The van der Waals surface area contributed by atoms with Crippen molar-refractivity contribution in [1.29, 1.82) is 0 Å². The molecule has 6 nitrogen and oxygen atoms in total. The molecule has 2 aromatic rings. The third kappa shape index (κ3) is 4.22. The third-order valence-electron chi connectivity index (χ3n) is 6.24. The van der Waals surface area contributed by atoms with Gasteiger partial charge in [-0.05, 0) is 49.1 Å². The van der Waals surface area contributed by atoms with Crippen molar-refractivity contribution in [3.8, 4) is 11.5 Å². The predicted molar refractivity (Wildman–Crippen MR) is 121 cm³/mol. The second-order valence-corrected chi connectivity index (χ2v) is 8.47. The molecule has 6 heteroatoms. The van der Waals surface area contributed by atoms with Crippen LogP contribution in [0.4, 0.5) is 0 Å². The van der Waals surface area contributed by atoms with Gasteiger partial charge in [-0.3, -0.25) is 9.59 Å². The fourth-order valence-electron chi connectivity index (χ4n) is 4.68. The van der Waals surface area contributed by atoms with Crippen LogP contribution in [0.2, 0.25) is 0 Å². The molecule has 1 heterocycles. The van der Waals surface area contributed by atoms with Gasteiger partial charge in [-0.25, -0.2) is 0 Å². The summed E-state index contributed by atoms with van der Waals surface area (Å²) in [4.78, 5) is 28.0. The first-order valence-electron chi connectivity index (χ1n) is 11.3. The summed E-state index contributed by atoms with van der Waals surface area (Å²) < 4.78 is 5.67. The average molecular weight is 436 g/mol. The molecule has 32 heavy (non-hydrogen) atoms. The molecule has 1 saturated heterocycles. The number of aliphatic hydroxyl groups excluding tert-OH is 1. The first-order valence-corrected chi connectivity index (χ1v) is 11.3. The number of benzene rings is 2. The molecule has 168 valence electrons. The number of carbonyl (C=O) groups excluding carboxylic acids is 2. The van der Waals surface area contributed by atoms with Gasteiger partial charge in [0.25, 0.3) is 11.7 Å². The molecule has 0 bridgehead atoms. The second kappa shape index (κ2) is 9.47. The number of ether oxygens (including phenoxy) is 1. The number of phenolic OH excluding ortho intramolecular Hbond substituents is 1. The number of amides is 1. The van der Waals surface area contributed by atoms with Gasteiger partial charge in [0.2, 0.25) is 0 Å². The van der Waals surface area contributed by atoms with Crippen molar-refractivity contribution in [3.05, 3.63) is 65.2 Å². The van der Waals surface area contributed by atoms with E-state index in [1.54, 1.807) is 41.3 Å². The summed E-state index contributed by atoms with van der Waals surface area (Å²) in [6, 6.07) is 12.7. The number of carbonyl (C=O) groups is 2. The Morgan fingerprint density at radius 1 is 1.06 bits per heavy atom. The minimum absolute atomic E-state index is 0.0523. The third-order valence-corrected chi connectivity index (χ3v) is 6.24. The van der Waals surface area contributed by atoms with Gasteiger partial charge in [0.05, 0.1) is 18.2 Å². The van der Waals surface area contributed by atoms with E-state index >= 15 is 0 Å². The van der Waals surface area contributed by atoms with E-state index in [4.69, 9.17) is 4.74 Å². The number of hydrogen-bond donors (Lipinski definition) is 2. The topological polar surface area (TPSA) is 87.1 Å². The van der Waals surface area contributed by atoms with Crippen LogP contribution in [0.3, 0.4) is 0 Å². The zero-order valence-corrected chi connectivity index (χ0v) is 18.3. The molecular formula is C26H29NO5. The molecule has 2 aliphatic rings. The lowest BCUT2D eigenvalue weighted by Crippen LogP contribution is -2.40. The van der Waals surface area contributed by atoms with Gasteiger partial charge in [-0.2, -0.15) is 0 Å². The van der Waals surface area contributed by atoms with Gasteiger partial charge >= 0.3 is 0 Å². The number of aliphatic hydroxyl groups is 1. The van der Waals surface area contributed by atoms with Crippen LogP contribution in [0.15, 0.2) is 54.1 Å². The molecule has 2 N–H and O–H groups in total. The van der Waals surface area contributed by atoms with Crippen molar-refractivity contribution in [2.75, 3.05) is 6.61 Å². The fourth-order valence-corrected chi connectivity index (χ4v) is 4.68. The predicted octanol–water partition coefficient (Wildman–Crippen LogP) is 4.94. The summed E-state index contributed by atoms with van der Waals surface area (Å²) in [7, 11) is 0. The van der Waals surface area contributed by atoms with E-state index < -0.39 is 17.7 Å². The Hall–Kier alpha value is -3.28. The number of ketones is 1. The fraction of sp³-hybridized carbons (Fsp3) is 0.385. The summed E-state index contributed by atoms with van der Waals surface area (Å²) in [5.41, 5.74) is 1.20. The van der Waals surface area contributed by atoms with E-state index in [9.17, 15) is 19.8 Å². The number of nitrogens with zero attached hydrogens (tertiary/aromatic N) is 1. The highest BCUT2D eigenvalue weighted by molar-refractivity contribution is 6.46. The van der Waals surface area contributed by atoms with E-state index in [1.165, 1.54) is 12.1 Å². The summed E-state index contributed by atoms with van der Waals surface area (Å²) in [5.74, 6) is -0.759. The Kier molecular flexibility index (Phi) is 6.49. The number of phenols is 1. The standard InChI is InChI=1S/C26H29NO5/c1-2-15-32-21-10-6-7-18(16-21)24(29)22-23(17-11-13-20(28)14-12-17)27(26(31)25(22)30)19-8-4-3-5-9-19/h6-7,10-14,16,19,23,28-29H,2-5,8-9,15H2,1H3/b24-22-. The van der Waals surface area contributed by atoms with Crippen molar-refractivity contribution in [3.63, 3.8) is 0 Å². The first-order chi connectivity index (χ1) is 15.5. The van der Waals surface area contributed by atoms with Crippen LogP contribution in [0, 0.1) is 0 Å². The van der Waals surface area contributed by atoms with Crippen LogP contribution in [0.1, 0.15) is 62.6 Å². The van der Waals surface area contributed by atoms with Crippen molar-refractivity contribution < 1.29 is 24.5 Å². The SMILES string of the molecule is CCCOc1cccc(/C(O)=C2/C(=O)C(=O)N(C3CCCCC3)C2c2ccc(O)cc2)c1. The molecule has 2 aromatic carbocycles. The van der Waals surface area contributed by atoms with E-state index in [0.29, 0.717) is 23.5 Å². The maximum absolute atomic E-state index is 13.2. The minimum Gasteiger partial charge on any atom is -0.508 e. The van der Waals surface area contributed by atoms with Gasteiger partial charge in [0.15, 0.2) is 0 Å². The Morgan fingerprint density at radius 3 is 2.47 bits per heavy atom. The van der Waals surface area contributed by atoms with Gasteiger partial charge < -0.3 is 19.8 Å².